The summed E-state index contributed by atoms with van der Waals surface area (Å²) in [5, 5.41) is 6.44. The van der Waals surface area contributed by atoms with Crippen LogP contribution in [0.25, 0.3) is 11.1 Å². The van der Waals surface area contributed by atoms with Crippen LogP contribution < -0.4 is 15.4 Å². The van der Waals surface area contributed by atoms with Crippen LogP contribution in [-0.4, -0.2) is 35.5 Å². The lowest BCUT2D eigenvalue weighted by Gasteiger charge is -2.14. The number of nitrogens with one attached hydrogen (secondary N) is 3. The average Bonchev–Trinajstić information content (AvgIpc) is 2.88. The molecule has 11 heteroatoms. The summed E-state index contributed by atoms with van der Waals surface area (Å²) in [5.41, 5.74) is 3.15. The largest absolute Gasteiger partial charge is 0.494 e. The van der Waals surface area contributed by atoms with Crippen LogP contribution in [-0.2, 0) is 27.0 Å². The third kappa shape index (κ3) is 6.83. The van der Waals surface area contributed by atoms with E-state index in [4.69, 9.17) is 9.52 Å². The molecule has 0 aliphatic carbocycles. The Morgan fingerprint density at radius 3 is 2.41 bits per heavy atom. The number of sulfone groups is 1. The van der Waals surface area contributed by atoms with Gasteiger partial charge in [-0.1, -0.05) is 30.3 Å². The van der Waals surface area contributed by atoms with Crippen LogP contribution in [0.5, 0.6) is 5.75 Å². The van der Waals surface area contributed by atoms with E-state index < -0.39 is 20.4 Å². The Labute approximate surface area is 217 Å². The number of hydrogen-bond acceptors (Lipinski definition) is 9. The van der Waals surface area contributed by atoms with Crippen molar-refractivity contribution in [2.24, 2.45) is 0 Å². The second kappa shape index (κ2) is 11.4. The topological polar surface area (TPSA) is 134 Å². The van der Waals surface area contributed by atoms with E-state index in [1.54, 1.807) is 54.7 Å². The number of nitrogens with zero attached hydrogens (tertiary/aromatic N) is 2. The van der Waals surface area contributed by atoms with Crippen molar-refractivity contribution in [1.29, 1.82) is 4.78 Å². The number of thiol groups is 1. The van der Waals surface area contributed by atoms with Gasteiger partial charge in [0.1, 0.15) is 11.6 Å². The Morgan fingerprint density at radius 1 is 1.03 bits per heavy atom. The minimum Gasteiger partial charge on any atom is -0.494 e. The summed E-state index contributed by atoms with van der Waals surface area (Å²) in [6.45, 7) is 2.90. The van der Waals surface area contributed by atoms with E-state index in [-0.39, 0.29) is 4.90 Å². The van der Waals surface area contributed by atoms with E-state index in [2.05, 4.69) is 20.6 Å². The highest BCUT2D eigenvalue weighted by Gasteiger charge is 2.12. The van der Waals surface area contributed by atoms with Gasteiger partial charge in [-0.05, 0) is 60.5 Å². The molecular weight excluding hydrogens is 510 g/mol. The summed E-state index contributed by atoms with van der Waals surface area (Å²) in [4.78, 5) is 9.79. The van der Waals surface area contributed by atoms with Gasteiger partial charge in [-0.2, -0.15) is 4.98 Å². The Kier molecular flexibility index (Phi) is 8.04. The number of hydrogen-bond donors (Lipinski definition) is 4. The van der Waals surface area contributed by atoms with Gasteiger partial charge in [0.15, 0.2) is 9.84 Å². The molecule has 0 amide bonds. The number of rotatable bonds is 10. The predicted molar refractivity (Wildman–Crippen MR) is 146 cm³/mol. The van der Waals surface area contributed by atoms with Gasteiger partial charge in [0.05, 0.1) is 22.1 Å². The molecule has 0 bridgehead atoms. The molecule has 0 saturated carbocycles. The number of benzene rings is 3. The van der Waals surface area contributed by atoms with Crippen molar-refractivity contribution in [2.75, 3.05) is 23.5 Å². The molecule has 0 aliphatic rings. The highest BCUT2D eigenvalue weighted by atomic mass is 32.2. The molecule has 9 nitrogen and oxygen atoms in total. The molecule has 37 heavy (non-hydrogen) atoms. The smallest absolute Gasteiger partial charge is 0.229 e. The zero-order valence-electron chi connectivity index (χ0n) is 20.3. The maximum Gasteiger partial charge on any atom is 0.229 e. The predicted octanol–water partition coefficient (Wildman–Crippen LogP) is 4.90. The molecule has 0 saturated heterocycles. The average molecular weight is 538 g/mol. The van der Waals surface area contributed by atoms with Crippen molar-refractivity contribution in [3.8, 4) is 16.9 Å². The summed E-state index contributed by atoms with van der Waals surface area (Å²) in [7, 11) is -5.49. The third-order valence-corrected chi connectivity index (χ3v) is 7.29. The monoisotopic (exact) mass is 537 g/mol. The summed E-state index contributed by atoms with van der Waals surface area (Å²) in [6, 6.07) is 21.1. The van der Waals surface area contributed by atoms with Gasteiger partial charge in [0.25, 0.3) is 0 Å². The van der Waals surface area contributed by atoms with E-state index >= 15 is 0 Å². The first-order valence-electron chi connectivity index (χ1n) is 11.4. The maximum atomic E-state index is 11.8. The van der Waals surface area contributed by atoms with Gasteiger partial charge >= 0.3 is 0 Å². The van der Waals surface area contributed by atoms with Crippen molar-refractivity contribution >= 4 is 37.9 Å². The molecule has 3 N–H and O–H groups in total. The SMILES string of the molecule is CCOc1ccc(-c2cnc(Nc3cccc([SH](=N)=O)c3)nc2NCc2ccc(S(C)(=O)=O)cc2)cc1. The van der Waals surface area contributed by atoms with Gasteiger partial charge in [0, 0.05) is 35.1 Å². The number of anilines is 3. The van der Waals surface area contributed by atoms with E-state index in [1.165, 1.54) is 6.26 Å². The maximum absolute atomic E-state index is 11.8. The van der Waals surface area contributed by atoms with Crippen molar-refractivity contribution in [2.45, 2.75) is 23.3 Å². The number of aromatic nitrogens is 2. The van der Waals surface area contributed by atoms with Crippen LogP contribution in [0.4, 0.5) is 17.5 Å². The summed E-state index contributed by atoms with van der Waals surface area (Å²) < 4.78 is 48.1. The van der Waals surface area contributed by atoms with E-state index in [1.807, 2.05) is 31.2 Å². The van der Waals surface area contributed by atoms with E-state index in [9.17, 15) is 12.6 Å². The Bertz CT molecular complexity index is 1560. The highest BCUT2D eigenvalue weighted by Crippen LogP contribution is 2.29. The zero-order chi connectivity index (χ0) is 26.4. The molecule has 3 aromatic carbocycles. The second-order valence-corrected chi connectivity index (χ2v) is 11.3. The lowest BCUT2D eigenvalue weighted by molar-refractivity contribution is 0.340. The zero-order valence-corrected chi connectivity index (χ0v) is 22.0. The molecule has 0 radical (unpaired) electrons. The van der Waals surface area contributed by atoms with Crippen molar-refractivity contribution in [3.05, 3.63) is 84.6 Å². The summed E-state index contributed by atoms with van der Waals surface area (Å²) in [5.74, 6) is 1.65. The van der Waals surface area contributed by atoms with Crippen molar-refractivity contribution in [1.82, 2.24) is 9.97 Å². The third-order valence-electron chi connectivity index (χ3n) is 5.41. The molecule has 0 fully saturated rings. The normalized spacial score (nSPS) is 12.1. The Hall–Kier alpha value is -3.96. The fourth-order valence-corrected chi connectivity index (χ4v) is 4.67. The lowest BCUT2D eigenvalue weighted by atomic mass is 10.1. The first-order valence-corrected chi connectivity index (χ1v) is 14.6. The van der Waals surface area contributed by atoms with E-state index in [0.29, 0.717) is 35.5 Å². The van der Waals surface area contributed by atoms with Crippen LogP contribution in [0.3, 0.4) is 0 Å². The molecular formula is C26H27N5O4S2. The second-order valence-electron chi connectivity index (χ2n) is 8.15. The van der Waals surface area contributed by atoms with Gasteiger partial charge in [0.2, 0.25) is 5.95 Å². The minimum absolute atomic E-state index is 0.261. The minimum atomic E-state index is -3.27. The summed E-state index contributed by atoms with van der Waals surface area (Å²) in [6.07, 6.45) is 2.88. The lowest BCUT2D eigenvalue weighted by Crippen LogP contribution is -2.07. The number of ether oxygens (including phenoxy) is 1. The Balaban J connectivity index is 1.64. The molecule has 0 aliphatic heterocycles. The van der Waals surface area contributed by atoms with Crippen LogP contribution in [0.1, 0.15) is 12.5 Å². The Morgan fingerprint density at radius 2 is 1.76 bits per heavy atom. The van der Waals surface area contributed by atoms with Crippen LogP contribution >= 0.6 is 0 Å². The quantitative estimate of drug-likeness (QED) is 0.210. The molecule has 192 valence electrons. The molecule has 1 aromatic heterocycles. The molecule has 4 rings (SSSR count). The first kappa shape index (κ1) is 26.1. The van der Waals surface area contributed by atoms with Crippen LogP contribution in [0.15, 0.2) is 88.8 Å². The van der Waals surface area contributed by atoms with Crippen molar-refractivity contribution < 1.29 is 17.4 Å². The molecule has 1 heterocycles. The summed E-state index contributed by atoms with van der Waals surface area (Å²) >= 11 is 0. The standard InChI is InChI=1S/C26H27N5O4S2/c1-3-35-21-11-9-19(10-12-21)24-17-29-26(30-20-5-4-6-22(15-20)36(27)32)31-25(24)28-16-18-7-13-23(14-8-18)37(2,33)34/h4-15,17,27,36H,3,16H2,1-2H3,(H2,28,29,30,31). The fourth-order valence-electron chi connectivity index (χ4n) is 3.56. The highest BCUT2D eigenvalue weighted by molar-refractivity contribution is 7.90. The van der Waals surface area contributed by atoms with Crippen molar-refractivity contribution in [3.63, 3.8) is 0 Å². The van der Waals surface area contributed by atoms with Crippen LogP contribution in [0, 0.1) is 4.78 Å². The van der Waals surface area contributed by atoms with Gasteiger partial charge in [-0.15, -0.1) is 0 Å². The molecule has 4 aromatic rings. The van der Waals surface area contributed by atoms with E-state index in [0.717, 1.165) is 22.4 Å². The molecule has 1 atom stereocenters. The van der Waals surface area contributed by atoms with Gasteiger partial charge < -0.3 is 15.4 Å². The van der Waals surface area contributed by atoms with Gasteiger partial charge in [-0.3, -0.25) is 4.78 Å². The van der Waals surface area contributed by atoms with Crippen LogP contribution in [0.2, 0.25) is 0 Å². The first-order chi connectivity index (χ1) is 17.7. The fraction of sp³-hybridized carbons (Fsp3) is 0.154. The molecule has 1 unspecified atom stereocenters. The molecule has 0 spiro atoms. The van der Waals surface area contributed by atoms with Gasteiger partial charge in [-0.25, -0.2) is 17.6 Å².